The number of ketones is 3. The number of hydrogen-bond donors (Lipinski definition) is 3. The molecule has 0 amide bonds. The van der Waals surface area contributed by atoms with Gasteiger partial charge in [0.05, 0.1) is 62.2 Å². The average Bonchev–Trinajstić information content (AvgIpc) is 1.54. The van der Waals surface area contributed by atoms with Gasteiger partial charge in [-0.25, -0.2) is 13.7 Å². The molecule has 18 nitrogen and oxygen atoms in total. The van der Waals surface area contributed by atoms with Crippen LogP contribution >= 0.6 is 0 Å². The summed E-state index contributed by atoms with van der Waals surface area (Å²) in [5.41, 5.74) is 27.2. The van der Waals surface area contributed by atoms with Crippen LogP contribution in [-0.2, 0) is 94.3 Å². The molecular formula is C117H100Ir3N12O6. The molecule has 3 N–H and O–H groups in total. The molecule has 0 saturated heterocycles. The van der Waals surface area contributed by atoms with Crippen LogP contribution in [0.3, 0.4) is 0 Å². The number of para-hydroxylation sites is 11. The van der Waals surface area contributed by atoms with E-state index < -0.39 is 0 Å². The molecule has 14 aromatic carbocycles. The van der Waals surface area contributed by atoms with Gasteiger partial charge in [-0.1, -0.05) is 182 Å². The molecule has 0 fully saturated rings. The fourth-order valence-corrected chi connectivity index (χ4v) is 17.1. The molecule has 0 atom stereocenters. The third-order valence-electron chi connectivity index (χ3n) is 22.4. The van der Waals surface area contributed by atoms with Gasteiger partial charge in [0, 0.05) is 147 Å². The van der Waals surface area contributed by atoms with Gasteiger partial charge in [0.2, 0.25) is 0 Å². The Kier molecular flexibility index (Phi) is 34.2. The van der Waals surface area contributed by atoms with E-state index in [9.17, 15) is 14.4 Å². The Balaban J connectivity index is 0.000000134. The van der Waals surface area contributed by atoms with Crippen molar-refractivity contribution in [1.29, 1.82) is 0 Å². The van der Waals surface area contributed by atoms with Gasteiger partial charge >= 0.3 is 0 Å². The molecule has 21 heteroatoms. The molecule has 24 rings (SSSR count). The number of pyridine rings is 1. The first-order valence-electron chi connectivity index (χ1n) is 44.5. The minimum atomic E-state index is -0.125. The Morgan fingerprint density at radius 3 is 1.35 bits per heavy atom. The third-order valence-corrected chi connectivity index (χ3v) is 22.4. The van der Waals surface area contributed by atoms with Crippen LogP contribution in [0.2, 0.25) is 0 Å². The van der Waals surface area contributed by atoms with Crippen LogP contribution in [0.1, 0.15) is 69.6 Å². The standard InChI is InChI=1S/C20H13N2.C20H15N2.C19H13N2.C16H13N2.C15H11N2.C12H11N2.3C5H8O2.3Ir/c1-2-9-16-14(7-1)15-8-5-6-13-12-21-17-10-3-4-11-18(17)22(16)20(21)19(13)15;1-2-9-16(10-3-1)22-19-13-7-6-12-18(19)21-14-15-8-4-5-11-17(15)20(21)22;1-3-9-15(10-4-1)19-20-17-13-7-8-14-18(17)21(19)16-11-5-2-6-12-16;1-2-7-14(8-3-1)18-11-10-17-12-13-6-4-5-9-15(13)16(17)18;1-3-7-13(8-4-1)15-16-11-12-17(15)14-9-5-2-6-10-14;1-9-8-13-12(10(2)14-9)11-6-4-3-5-7-11;3*1-4(6)3-5(2)7;;;/h1-11H,12H2;1-13H,14H2;1-9,11-14H;1-11H,12H2;1-7,9-12H;3-6,8H,1-2H3;3*3,6H,1-2H3;;;/q2*+1;-1;+1;2*-1;;;;;;. The van der Waals surface area contributed by atoms with Crippen molar-refractivity contribution in [3.05, 3.63) is 471 Å². The Hall–Kier alpha value is -15.4. The zero-order valence-electron chi connectivity index (χ0n) is 77.2. The Bertz CT molecular complexity index is 7770. The number of hydrogen-bond acceptors (Lipinski definition) is 10. The van der Waals surface area contributed by atoms with Crippen LogP contribution in [0.4, 0.5) is 0 Å². The number of aryl methyl sites for hydroxylation is 2. The Morgan fingerprint density at radius 2 is 0.804 bits per heavy atom. The van der Waals surface area contributed by atoms with Gasteiger partial charge in [0.1, 0.15) is 48.9 Å². The maximum absolute atomic E-state index is 10.0. The SMILES string of the molecule is CC(=O)C=C(C)O.CC(=O)C=C(C)O.CC(=O)C=C(C)O.Cc1cnc(-c2[c-]cccc2)c(C)n1.[Ir].[Ir].[Ir].[c-]1ccccc1-c1nc2ccccc2n1-c1ccccc1.[c-]1ccccc1-c1nccn1-c1ccccc1.c1cc2c3c(c1)c1ccccc1n1c4ccccc4[n+](c31)C2.c1ccc(-n2c3[n+](c4ccccc42)Cc2ccccc2-3)cc1.c1ccc(-n2cc[n+]3c2-c2ccccc2C3)cc1. The van der Waals surface area contributed by atoms with Crippen molar-refractivity contribution in [2.45, 2.75) is 75.0 Å². The maximum atomic E-state index is 10.0. The van der Waals surface area contributed by atoms with E-state index in [1.807, 2.05) is 160 Å². The summed E-state index contributed by atoms with van der Waals surface area (Å²) in [4.78, 5) is 48.0. The fourth-order valence-electron chi connectivity index (χ4n) is 17.1. The molecule has 691 valence electrons. The van der Waals surface area contributed by atoms with E-state index >= 15 is 0 Å². The van der Waals surface area contributed by atoms with Crippen LogP contribution in [0.15, 0.2) is 424 Å². The van der Waals surface area contributed by atoms with Crippen LogP contribution in [-0.4, -0.2) is 75.3 Å². The number of aliphatic hydroxyl groups is 3. The van der Waals surface area contributed by atoms with Gasteiger partial charge in [-0.3, -0.25) is 29.3 Å². The molecular weight excluding hydrogens is 2250 g/mol. The smallest absolute Gasteiger partial charge is 0.296 e. The van der Waals surface area contributed by atoms with Gasteiger partial charge in [0.25, 0.3) is 17.3 Å². The zero-order valence-corrected chi connectivity index (χ0v) is 84.4. The van der Waals surface area contributed by atoms with E-state index in [4.69, 9.17) is 20.3 Å². The zero-order chi connectivity index (χ0) is 93.9. The monoisotopic (exact) mass is 2350 g/mol. The van der Waals surface area contributed by atoms with Gasteiger partial charge in [-0.15, -0.1) is 108 Å². The van der Waals surface area contributed by atoms with E-state index in [-0.39, 0.29) is 94.9 Å². The van der Waals surface area contributed by atoms with Crippen LogP contribution in [0.25, 0.3) is 140 Å². The summed E-state index contributed by atoms with van der Waals surface area (Å²) >= 11 is 0. The van der Waals surface area contributed by atoms with E-state index in [0.29, 0.717) is 0 Å². The second kappa shape index (κ2) is 47.2. The first-order chi connectivity index (χ1) is 65.8. The van der Waals surface area contributed by atoms with E-state index in [1.165, 1.54) is 160 Å². The van der Waals surface area contributed by atoms with Crippen LogP contribution in [0.5, 0.6) is 0 Å². The number of carbonyl (C=O) groups is 3. The molecule has 21 aromatic rings. The molecule has 0 aliphatic carbocycles. The molecule has 0 unspecified atom stereocenters. The predicted octanol–water partition coefficient (Wildman–Crippen LogP) is 24.3. The first kappa shape index (κ1) is 100. The Labute approximate surface area is 842 Å². The van der Waals surface area contributed by atoms with Crippen molar-refractivity contribution in [3.8, 4) is 79.6 Å². The number of carbonyl (C=O) groups excluding carboxylic acids is 3. The summed E-state index contributed by atoms with van der Waals surface area (Å²) in [7, 11) is 0. The minimum absolute atomic E-state index is 0. The number of rotatable bonds is 10. The van der Waals surface area contributed by atoms with Crippen molar-refractivity contribution >= 4 is 77.8 Å². The molecule has 3 aliphatic heterocycles. The summed E-state index contributed by atoms with van der Waals surface area (Å²) in [6.45, 7) is 15.4. The number of aliphatic hydroxyl groups excluding tert-OH is 3. The van der Waals surface area contributed by atoms with E-state index in [1.54, 1.807) is 6.20 Å². The van der Waals surface area contributed by atoms with Crippen LogP contribution in [0, 0.1) is 32.0 Å². The largest absolute Gasteiger partial charge is 0.512 e. The van der Waals surface area contributed by atoms with Crippen molar-refractivity contribution in [2.24, 2.45) is 0 Å². The second-order valence-corrected chi connectivity index (χ2v) is 32.4. The van der Waals surface area contributed by atoms with Crippen molar-refractivity contribution in [2.75, 3.05) is 0 Å². The number of aromatic nitrogens is 12. The molecule has 0 bridgehead atoms. The van der Waals surface area contributed by atoms with Gasteiger partial charge in [-0.05, 0) is 159 Å². The molecule has 3 aliphatic rings. The number of imidazole rings is 5. The first-order valence-corrected chi connectivity index (χ1v) is 44.5. The fraction of sp³-hybridized carbons (Fsp3) is 0.0940. The Morgan fingerprint density at radius 1 is 0.370 bits per heavy atom. The molecule has 0 saturated carbocycles. The second-order valence-electron chi connectivity index (χ2n) is 32.4. The molecule has 0 spiro atoms. The summed E-state index contributed by atoms with van der Waals surface area (Å²) < 4.78 is 18.5. The average molecular weight is 2350 g/mol. The summed E-state index contributed by atoms with van der Waals surface area (Å²) in [5, 5.41) is 29.2. The molecule has 7 aromatic heterocycles. The summed E-state index contributed by atoms with van der Waals surface area (Å²) in [6.07, 6.45) is 13.3. The molecule has 10 heterocycles. The predicted molar refractivity (Wildman–Crippen MR) is 538 cm³/mol. The summed E-state index contributed by atoms with van der Waals surface area (Å²) in [6, 6.07) is 133. The number of fused-ring (bicyclic) bond motifs is 15. The van der Waals surface area contributed by atoms with Crippen LogP contribution < -0.4 is 13.7 Å². The van der Waals surface area contributed by atoms with E-state index in [0.717, 1.165) is 87.5 Å². The van der Waals surface area contributed by atoms with Crippen molar-refractivity contribution in [3.63, 3.8) is 0 Å². The number of nitrogens with zero attached hydrogens (tertiary/aromatic N) is 12. The van der Waals surface area contributed by atoms with Gasteiger partial charge in [0.15, 0.2) is 39.4 Å². The van der Waals surface area contributed by atoms with Gasteiger partial charge in [-0.2, -0.15) is 13.5 Å². The normalized spacial score (nSPS) is 11.4. The maximum Gasteiger partial charge on any atom is 0.296 e. The minimum Gasteiger partial charge on any atom is -0.512 e. The van der Waals surface area contributed by atoms with Crippen molar-refractivity contribution in [1.82, 2.24) is 42.6 Å². The number of allylic oxidation sites excluding steroid dienone is 6. The van der Waals surface area contributed by atoms with E-state index in [2.05, 4.69) is 306 Å². The third kappa shape index (κ3) is 23.2. The van der Waals surface area contributed by atoms with Gasteiger partial charge < -0.3 is 29.4 Å². The molecule has 138 heavy (non-hydrogen) atoms. The number of benzene rings is 14. The molecule has 3 radical (unpaired) electrons. The summed E-state index contributed by atoms with van der Waals surface area (Å²) in [5.74, 6) is 4.20. The van der Waals surface area contributed by atoms with Crippen molar-refractivity contribution < 1.29 is 104 Å². The quantitative estimate of drug-likeness (QED) is 0.0389. The topological polar surface area (TPSA) is 199 Å².